The second-order valence-corrected chi connectivity index (χ2v) is 22.5. The molecule has 2 aromatic heterocycles. The van der Waals surface area contributed by atoms with Gasteiger partial charge in [0, 0.05) is 24.8 Å². The predicted molar refractivity (Wildman–Crippen MR) is 223 cm³/mol. The van der Waals surface area contributed by atoms with Gasteiger partial charge in [0.05, 0.1) is 0 Å². The van der Waals surface area contributed by atoms with Crippen molar-refractivity contribution >= 4 is 17.2 Å². The minimum absolute atomic E-state index is 0.322. The van der Waals surface area contributed by atoms with E-state index in [0.29, 0.717) is 10.3 Å². The Balaban J connectivity index is 1.17. The predicted octanol–water partition coefficient (Wildman–Crippen LogP) is 11.7. The zero-order valence-corrected chi connectivity index (χ0v) is 33.4. The summed E-state index contributed by atoms with van der Waals surface area (Å²) in [5, 5.41) is 0.197. The molecule has 8 fully saturated rings. The molecule has 8 bridgehead atoms. The second kappa shape index (κ2) is 13.1. The Morgan fingerprint density at radius 2 is 0.889 bits per heavy atom. The molecule has 274 valence electrons. The Morgan fingerprint density at radius 3 is 1.28 bits per heavy atom. The molecule has 1 atom stereocenters. The molecule has 0 N–H and O–H groups in total. The number of hydrogen-bond donors (Lipinski definition) is 0. The molecule has 2 heterocycles. The summed E-state index contributed by atoms with van der Waals surface area (Å²) < 4.78 is 0. The normalized spacial score (nSPS) is 32.5. The van der Waals surface area contributed by atoms with Crippen LogP contribution in [0.1, 0.15) is 99.8 Å². The van der Waals surface area contributed by atoms with E-state index in [0.717, 1.165) is 47.2 Å². The van der Waals surface area contributed by atoms with Crippen molar-refractivity contribution in [2.45, 2.75) is 98.7 Å². The van der Waals surface area contributed by atoms with Crippen LogP contribution in [-0.4, -0.2) is 30.2 Å². The molecule has 3 aromatic carbocycles. The standard InChI is InChI=1S/C48H52N4P2/c53-48(44-49-13-7-14-50-44,45-51-15-8-16-52-45)43-24-42(39-11-5-2-6-12-39)41(38-9-3-1-4-10-38)23-40(43)31-54(46-25-32-17-33(26-46)19-34(18-32)27-46)47-28-35-20-36(29-47)22-37(21-35)30-47/h1-16,23-24,32-37H,17-22,25-31,53H2. The van der Waals surface area contributed by atoms with Crippen LogP contribution in [-0.2, 0) is 11.3 Å². The number of benzene rings is 3. The summed E-state index contributed by atoms with van der Waals surface area (Å²) in [6.45, 7) is 0. The van der Waals surface area contributed by atoms with Gasteiger partial charge in [-0.15, -0.1) is 9.24 Å². The maximum atomic E-state index is 5.01. The van der Waals surface area contributed by atoms with Crippen LogP contribution in [0.5, 0.6) is 0 Å². The summed E-state index contributed by atoms with van der Waals surface area (Å²) in [6, 6.07) is 31.2. The first-order valence-electron chi connectivity index (χ1n) is 20.9. The molecule has 13 rings (SSSR count). The molecule has 0 amide bonds. The molecule has 54 heavy (non-hydrogen) atoms. The van der Waals surface area contributed by atoms with Gasteiger partial charge in [-0.1, -0.05) is 68.6 Å². The molecule has 0 radical (unpaired) electrons. The molecule has 1 unspecified atom stereocenters. The average molecular weight is 747 g/mol. The highest BCUT2D eigenvalue weighted by Gasteiger charge is 2.62. The largest absolute Gasteiger partial charge is 0.240 e. The van der Waals surface area contributed by atoms with Gasteiger partial charge in [0.15, 0.2) is 0 Å². The van der Waals surface area contributed by atoms with Gasteiger partial charge in [-0.05, 0) is 187 Å². The number of hydrogen-bond acceptors (Lipinski definition) is 4. The van der Waals surface area contributed by atoms with Crippen molar-refractivity contribution in [3.63, 3.8) is 0 Å². The first-order chi connectivity index (χ1) is 26.5. The number of aromatic nitrogens is 4. The van der Waals surface area contributed by atoms with Crippen LogP contribution in [0.4, 0.5) is 0 Å². The van der Waals surface area contributed by atoms with Gasteiger partial charge in [-0.2, -0.15) is 0 Å². The van der Waals surface area contributed by atoms with E-state index in [4.69, 9.17) is 19.9 Å². The van der Waals surface area contributed by atoms with Gasteiger partial charge in [0.2, 0.25) is 0 Å². The lowest BCUT2D eigenvalue weighted by Crippen LogP contribution is -2.56. The molecule has 0 saturated heterocycles. The number of nitrogens with zero attached hydrogens (tertiary/aromatic N) is 4. The average Bonchev–Trinajstić information content (AvgIpc) is 3.19. The van der Waals surface area contributed by atoms with E-state index < -0.39 is 5.16 Å². The van der Waals surface area contributed by atoms with Gasteiger partial charge < -0.3 is 0 Å². The Kier molecular flexibility index (Phi) is 8.26. The monoisotopic (exact) mass is 746 g/mol. The minimum Gasteiger partial charge on any atom is -0.240 e. The Hall–Kier alpha value is -3.32. The lowest BCUT2D eigenvalue weighted by Gasteiger charge is -2.67. The first-order valence-corrected chi connectivity index (χ1v) is 23.0. The zero-order chi connectivity index (χ0) is 35.9. The molecule has 0 aliphatic heterocycles. The summed E-state index contributed by atoms with van der Waals surface area (Å²) in [5.74, 6) is 7.18. The van der Waals surface area contributed by atoms with Crippen molar-refractivity contribution in [1.82, 2.24) is 19.9 Å². The zero-order valence-electron chi connectivity index (χ0n) is 31.4. The first kappa shape index (κ1) is 34.0. The summed E-state index contributed by atoms with van der Waals surface area (Å²) in [6.07, 6.45) is 26.7. The Bertz CT molecular complexity index is 1990. The highest BCUT2D eigenvalue weighted by Crippen LogP contribution is 2.80. The molecule has 4 nitrogen and oxygen atoms in total. The van der Waals surface area contributed by atoms with E-state index in [9.17, 15) is 0 Å². The van der Waals surface area contributed by atoms with Gasteiger partial charge in [-0.3, -0.25) is 0 Å². The van der Waals surface area contributed by atoms with Gasteiger partial charge in [-0.25, -0.2) is 19.9 Å². The van der Waals surface area contributed by atoms with E-state index in [2.05, 4.69) is 82.0 Å². The van der Waals surface area contributed by atoms with E-state index in [1.165, 1.54) is 117 Å². The lowest BCUT2D eigenvalue weighted by molar-refractivity contribution is 0.0184. The third kappa shape index (κ3) is 5.59. The maximum absolute atomic E-state index is 5.01. The third-order valence-corrected chi connectivity index (χ3v) is 20.0. The smallest absolute Gasteiger partial charge is 0.150 e. The van der Waals surface area contributed by atoms with Gasteiger partial charge >= 0.3 is 0 Å². The second-order valence-electron chi connectivity index (χ2n) is 18.6. The molecule has 5 aromatic rings. The van der Waals surface area contributed by atoms with E-state index in [-0.39, 0.29) is 7.92 Å². The fourth-order valence-corrected chi connectivity index (χ4v) is 19.7. The van der Waals surface area contributed by atoms with Crippen molar-refractivity contribution in [3.05, 3.63) is 132 Å². The third-order valence-electron chi connectivity index (χ3n) is 15.2. The van der Waals surface area contributed by atoms with Gasteiger partial charge in [0.25, 0.3) is 0 Å². The van der Waals surface area contributed by atoms with Crippen LogP contribution in [0.15, 0.2) is 110 Å². The van der Waals surface area contributed by atoms with Crippen LogP contribution in [0.3, 0.4) is 0 Å². The summed E-state index contributed by atoms with van der Waals surface area (Å²) in [5.41, 5.74) is 7.80. The van der Waals surface area contributed by atoms with Crippen molar-refractivity contribution in [2.75, 3.05) is 0 Å². The highest BCUT2D eigenvalue weighted by molar-refractivity contribution is 7.60. The SMILES string of the molecule is PC(c1ncccn1)(c1ncccn1)c1cc(-c2ccccc2)c(-c2ccccc2)cc1CP(C12CC3CC(CC(C3)C1)C2)C12CC3CC(CC(C3)C1)C2. The molecule has 8 saturated carbocycles. The summed E-state index contributed by atoms with van der Waals surface area (Å²) >= 11 is 0. The van der Waals surface area contributed by atoms with Gasteiger partial charge in [0.1, 0.15) is 16.8 Å². The minimum atomic E-state index is -0.819. The van der Waals surface area contributed by atoms with Crippen molar-refractivity contribution in [2.24, 2.45) is 35.5 Å². The van der Waals surface area contributed by atoms with Crippen molar-refractivity contribution < 1.29 is 0 Å². The molecular formula is C48H52N4P2. The van der Waals surface area contributed by atoms with Crippen molar-refractivity contribution in [1.29, 1.82) is 0 Å². The maximum Gasteiger partial charge on any atom is 0.150 e. The molecule has 8 aliphatic rings. The van der Waals surface area contributed by atoms with E-state index in [1.54, 1.807) is 0 Å². The molecule has 8 aliphatic carbocycles. The lowest BCUT2D eigenvalue weighted by atomic mass is 9.55. The molecule has 0 spiro atoms. The molecular weight excluding hydrogens is 695 g/mol. The fraction of sp³-hybridized carbons (Fsp3) is 0.458. The summed E-state index contributed by atoms with van der Waals surface area (Å²) in [4.78, 5) is 20.0. The van der Waals surface area contributed by atoms with Crippen LogP contribution in [0.2, 0.25) is 0 Å². The van der Waals surface area contributed by atoms with Crippen molar-refractivity contribution in [3.8, 4) is 22.3 Å². The molecule has 6 heteroatoms. The number of rotatable bonds is 9. The Labute approximate surface area is 324 Å². The van der Waals surface area contributed by atoms with Crippen LogP contribution in [0, 0.1) is 35.5 Å². The topological polar surface area (TPSA) is 51.6 Å². The Morgan fingerprint density at radius 1 is 0.519 bits per heavy atom. The summed E-state index contributed by atoms with van der Waals surface area (Å²) in [7, 11) is 2.93. The quantitative estimate of drug-likeness (QED) is 0.141. The van der Waals surface area contributed by atoms with Crippen LogP contribution < -0.4 is 0 Å². The van der Waals surface area contributed by atoms with E-state index in [1.807, 2.05) is 36.9 Å². The van der Waals surface area contributed by atoms with E-state index >= 15 is 0 Å². The van der Waals surface area contributed by atoms with Crippen LogP contribution >= 0.6 is 17.2 Å². The fourth-order valence-electron chi connectivity index (χ4n) is 14.0. The highest BCUT2D eigenvalue weighted by atomic mass is 31.1. The van der Waals surface area contributed by atoms with Crippen LogP contribution in [0.25, 0.3) is 22.3 Å².